The van der Waals surface area contributed by atoms with Gasteiger partial charge in [0.05, 0.1) is 32.1 Å². The molecule has 1 aromatic heterocycles. The van der Waals surface area contributed by atoms with Crippen LogP contribution in [0.15, 0.2) is 35.0 Å². The summed E-state index contributed by atoms with van der Waals surface area (Å²) in [6.45, 7) is 1.81. The number of quaternary nitrogens is 1. The molecule has 0 fully saturated rings. The Balaban J connectivity index is 0.00000320. The lowest BCUT2D eigenvalue weighted by Gasteiger charge is -2.30. The molecule has 0 amide bonds. The van der Waals surface area contributed by atoms with Crippen LogP contribution in [-0.2, 0) is 11.9 Å². The van der Waals surface area contributed by atoms with Crippen LogP contribution < -0.4 is 27.2 Å². The second-order valence-corrected chi connectivity index (χ2v) is 8.25. The number of rotatable bonds is 8. The SMILES string of the molecule is C[N+](C)(CCNc1c([N+](=O)[O-])c(Cl)cc2no[n+]([O-])c12)Cc1ccccc1CBr.[Br-]. The topological polar surface area (TPSA) is 108 Å². The third-order valence-corrected chi connectivity index (χ3v) is 5.56. The van der Waals surface area contributed by atoms with Crippen molar-refractivity contribution in [1.29, 1.82) is 0 Å². The molecular weight excluding hydrogens is 545 g/mol. The number of nitro benzene ring substituents is 1. The third kappa shape index (κ3) is 5.20. The number of nitrogens with zero attached hydrogens (tertiary/aromatic N) is 4. The predicted molar refractivity (Wildman–Crippen MR) is 113 cm³/mol. The van der Waals surface area contributed by atoms with E-state index in [4.69, 9.17) is 11.6 Å². The molecule has 1 N–H and O–H groups in total. The van der Waals surface area contributed by atoms with E-state index in [-0.39, 0.29) is 49.3 Å². The zero-order chi connectivity index (χ0) is 21.2. The lowest BCUT2D eigenvalue weighted by atomic mass is 10.1. The van der Waals surface area contributed by atoms with Crippen LogP contribution in [0.1, 0.15) is 11.1 Å². The highest BCUT2D eigenvalue weighted by molar-refractivity contribution is 9.08. The minimum atomic E-state index is -0.622. The summed E-state index contributed by atoms with van der Waals surface area (Å²) in [7, 11) is 4.14. The van der Waals surface area contributed by atoms with Gasteiger partial charge >= 0.3 is 5.69 Å². The van der Waals surface area contributed by atoms with Crippen LogP contribution in [0.5, 0.6) is 0 Å². The van der Waals surface area contributed by atoms with Crippen LogP contribution in [0.4, 0.5) is 11.4 Å². The summed E-state index contributed by atoms with van der Waals surface area (Å²) in [5, 5.41) is 30.7. The van der Waals surface area contributed by atoms with Crippen molar-refractivity contribution >= 4 is 49.9 Å². The smallest absolute Gasteiger partial charge is 0.315 e. The lowest BCUT2D eigenvalue weighted by molar-refractivity contribution is -0.902. The Morgan fingerprint density at radius 3 is 2.63 bits per heavy atom. The number of anilines is 1. The van der Waals surface area contributed by atoms with E-state index in [2.05, 4.69) is 57.3 Å². The fraction of sp³-hybridized carbons (Fsp3) is 0.333. The Bertz CT molecular complexity index is 1060. The molecule has 3 rings (SSSR count). The normalized spacial score (nSPS) is 11.3. The van der Waals surface area contributed by atoms with Crippen LogP contribution >= 0.6 is 27.5 Å². The van der Waals surface area contributed by atoms with Gasteiger partial charge < -0.3 is 32.0 Å². The quantitative estimate of drug-likeness (QED) is 0.141. The highest BCUT2D eigenvalue weighted by Crippen LogP contribution is 2.37. The maximum Gasteiger partial charge on any atom is 0.315 e. The molecule has 0 radical (unpaired) electrons. The number of likely N-dealkylation sites (N-methyl/N-ethyl adjacent to an activating group) is 1. The molecule has 0 saturated carbocycles. The van der Waals surface area contributed by atoms with Gasteiger partial charge in [0.15, 0.2) is 5.69 Å². The van der Waals surface area contributed by atoms with Gasteiger partial charge in [0.2, 0.25) is 0 Å². The van der Waals surface area contributed by atoms with Crippen LogP contribution in [0, 0.1) is 15.3 Å². The van der Waals surface area contributed by atoms with Gasteiger partial charge in [-0.1, -0.05) is 51.8 Å². The molecule has 0 aliphatic carbocycles. The monoisotopic (exact) mass is 563 g/mol. The van der Waals surface area contributed by atoms with Crippen LogP contribution in [0.25, 0.3) is 11.0 Å². The summed E-state index contributed by atoms with van der Waals surface area (Å²) in [6, 6.07) is 9.42. The first-order valence-corrected chi connectivity index (χ1v) is 10.3. The first kappa shape index (κ1) is 24.3. The van der Waals surface area contributed by atoms with Crippen LogP contribution in [-0.4, -0.2) is 41.7 Å². The van der Waals surface area contributed by atoms with Gasteiger partial charge in [0.1, 0.15) is 11.6 Å². The van der Waals surface area contributed by atoms with E-state index >= 15 is 0 Å². The molecule has 30 heavy (non-hydrogen) atoms. The molecule has 1 heterocycles. The number of fused-ring (bicyclic) bond motifs is 1. The van der Waals surface area contributed by atoms with Crippen molar-refractivity contribution in [2.75, 3.05) is 32.5 Å². The molecule has 0 saturated heterocycles. The van der Waals surface area contributed by atoms with E-state index in [0.29, 0.717) is 17.6 Å². The largest absolute Gasteiger partial charge is 1.00 e. The maximum absolute atomic E-state index is 11.9. The molecule has 162 valence electrons. The van der Waals surface area contributed by atoms with Crippen molar-refractivity contribution in [2.24, 2.45) is 0 Å². The van der Waals surface area contributed by atoms with Crippen molar-refractivity contribution < 1.29 is 35.9 Å². The number of aromatic nitrogens is 2. The number of alkyl halides is 1. The Kier molecular flexibility index (Phi) is 8.03. The third-order valence-electron chi connectivity index (χ3n) is 4.66. The summed E-state index contributed by atoms with van der Waals surface area (Å²) in [5.41, 5.74) is 2.18. The fourth-order valence-corrected chi connectivity index (χ4v) is 4.02. The minimum absolute atomic E-state index is 0. The van der Waals surface area contributed by atoms with E-state index in [1.807, 2.05) is 12.1 Å². The van der Waals surface area contributed by atoms with E-state index in [1.54, 1.807) is 0 Å². The fourth-order valence-electron chi connectivity index (χ4n) is 3.20. The summed E-state index contributed by atoms with van der Waals surface area (Å²) in [4.78, 5) is 11.0. The molecule has 12 heteroatoms. The molecule has 0 atom stereocenters. The first-order chi connectivity index (χ1) is 13.7. The second kappa shape index (κ2) is 9.90. The highest BCUT2D eigenvalue weighted by atomic mass is 79.9. The number of nitrogens with one attached hydrogen (secondary N) is 1. The second-order valence-electron chi connectivity index (χ2n) is 7.28. The van der Waals surface area contributed by atoms with Gasteiger partial charge in [0, 0.05) is 22.1 Å². The maximum atomic E-state index is 11.9. The van der Waals surface area contributed by atoms with Crippen molar-refractivity contribution in [3.8, 4) is 0 Å². The number of benzene rings is 2. The lowest BCUT2D eigenvalue weighted by Crippen LogP contribution is -3.00. The average molecular weight is 566 g/mol. The summed E-state index contributed by atoms with van der Waals surface area (Å²) < 4.78 is 5.21. The average Bonchev–Trinajstić information content (AvgIpc) is 3.01. The minimum Gasteiger partial charge on any atom is -1.00 e. The van der Waals surface area contributed by atoms with E-state index in [9.17, 15) is 15.3 Å². The summed E-state index contributed by atoms with van der Waals surface area (Å²) in [6.07, 6.45) is 0. The number of nitro groups is 1. The van der Waals surface area contributed by atoms with E-state index < -0.39 is 4.92 Å². The molecule has 9 nitrogen and oxygen atoms in total. The summed E-state index contributed by atoms with van der Waals surface area (Å²) in [5.74, 6) is 0. The van der Waals surface area contributed by atoms with Gasteiger partial charge in [-0.2, -0.15) is 0 Å². The van der Waals surface area contributed by atoms with Gasteiger partial charge in [-0.3, -0.25) is 14.7 Å². The molecular formula is C18H20Br2ClN5O4. The molecule has 3 aromatic rings. The molecule has 0 spiro atoms. The molecule has 0 unspecified atom stereocenters. The summed E-state index contributed by atoms with van der Waals surface area (Å²) >= 11 is 9.55. The Labute approximate surface area is 196 Å². The predicted octanol–water partition coefficient (Wildman–Crippen LogP) is 0.610. The van der Waals surface area contributed by atoms with Crippen molar-refractivity contribution in [1.82, 2.24) is 5.16 Å². The van der Waals surface area contributed by atoms with Crippen molar-refractivity contribution in [2.45, 2.75) is 11.9 Å². The molecule has 0 aliphatic rings. The first-order valence-electron chi connectivity index (χ1n) is 8.78. The molecule has 0 bridgehead atoms. The zero-order valence-corrected chi connectivity index (χ0v) is 20.2. The van der Waals surface area contributed by atoms with E-state index in [1.165, 1.54) is 17.2 Å². The van der Waals surface area contributed by atoms with Gasteiger partial charge in [-0.15, -0.1) is 0 Å². The number of hydrogen-bond acceptors (Lipinski definition) is 6. The Morgan fingerprint density at radius 2 is 2.00 bits per heavy atom. The zero-order valence-electron chi connectivity index (χ0n) is 16.3. The van der Waals surface area contributed by atoms with E-state index in [0.717, 1.165) is 11.9 Å². The standard InChI is InChI=1S/C18H20BrClN5O4.BrH/c1-25(2,11-13-6-4-3-5-12(13)10-19)8-7-21-16-17(23(26)27)14(20)9-15-18(16)24(28)29-22-15;/h3-6,9,21H,7-8,10-11H2,1-2H3;1H/q+1;/p-1. The molecule has 0 aliphatic heterocycles. The van der Waals surface area contributed by atoms with Crippen molar-refractivity contribution in [3.63, 3.8) is 0 Å². The van der Waals surface area contributed by atoms with Gasteiger partial charge in [0.25, 0.3) is 11.0 Å². The number of halogens is 3. The van der Waals surface area contributed by atoms with Crippen LogP contribution in [0.2, 0.25) is 5.02 Å². The van der Waals surface area contributed by atoms with Crippen LogP contribution in [0.3, 0.4) is 0 Å². The number of hydrogen-bond donors (Lipinski definition) is 1. The van der Waals surface area contributed by atoms with Gasteiger partial charge in [-0.05, 0) is 10.5 Å². The molecule has 2 aromatic carbocycles. The highest BCUT2D eigenvalue weighted by Gasteiger charge is 2.29. The Morgan fingerprint density at radius 1 is 1.33 bits per heavy atom. The van der Waals surface area contributed by atoms with Gasteiger partial charge in [-0.25, -0.2) is 0 Å². The van der Waals surface area contributed by atoms with Crippen molar-refractivity contribution in [3.05, 3.63) is 61.8 Å². The Hall–Kier alpha value is -1.95.